The lowest BCUT2D eigenvalue weighted by Gasteiger charge is -2.09. The molecule has 0 fully saturated rings. The Balaban J connectivity index is 1.59. The van der Waals surface area contributed by atoms with Crippen LogP contribution in [0.4, 0.5) is 0 Å². The lowest BCUT2D eigenvalue weighted by atomic mass is 10.1. The van der Waals surface area contributed by atoms with E-state index in [1.807, 2.05) is 26.0 Å². The number of amides is 2. The summed E-state index contributed by atoms with van der Waals surface area (Å²) < 4.78 is 21.6. The Bertz CT molecular complexity index is 1000. The summed E-state index contributed by atoms with van der Waals surface area (Å²) in [7, 11) is 3.15. The molecule has 0 unspecified atom stereocenters. The SMILES string of the molecule is CCOc1ccc(/C=N/NC(=O)CCCCCCC(=O)N/N=C/c2ccc(OCC)c(OC)c2)cc1OC. The molecule has 10 nitrogen and oxygen atoms in total. The van der Waals surface area contributed by atoms with Crippen molar-refractivity contribution in [2.75, 3.05) is 27.4 Å². The van der Waals surface area contributed by atoms with Gasteiger partial charge in [0.25, 0.3) is 0 Å². The molecule has 2 aromatic rings. The van der Waals surface area contributed by atoms with Crippen LogP contribution in [-0.4, -0.2) is 51.7 Å². The van der Waals surface area contributed by atoms with Gasteiger partial charge in [-0.1, -0.05) is 12.8 Å². The van der Waals surface area contributed by atoms with Crippen LogP contribution < -0.4 is 29.8 Å². The predicted molar refractivity (Wildman–Crippen MR) is 148 cm³/mol. The molecule has 2 rings (SSSR count). The van der Waals surface area contributed by atoms with E-state index in [4.69, 9.17) is 18.9 Å². The fourth-order valence-electron chi connectivity index (χ4n) is 3.47. The third-order valence-corrected chi connectivity index (χ3v) is 5.34. The molecule has 206 valence electrons. The van der Waals surface area contributed by atoms with E-state index in [1.54, 1.807) is 50.9 Å². The molecule has 0 atom stereocenters. The van der Waals surface area contributed by atoms with E-state index in [-0.39, 0.29) is 11.8 Å². The average molecular weight is 527 g/mol. The summed E-state index contributed by atoms with van der Waals surface area (Å²) in [5, 5.41) is 8.01. The van der Waals surface area contributed by atoms with E-state index in [9.17, 15) is 9.59 Å². The minimum Gasteiger partial charge on any atom is -0.493 e. The number of hydrogen-bond acceptors (Lipinski definition) is 8. The van der Waals surface area contributed by atoms with Crippen molar-refractivity contribution >= 4 is 24.2 Å². The molecule has 0 radical (unpaired) electrons. The van der Waals surface area contributed by atoms with Gasteiger partial charge in [-0.3, -0.25) is 9.59 Å². The van der Waals surface area contributed by atoms with Crippen molar-refractivity contribution in [1.82, 2.24) is 10.9 Å². The van der Waals surface area contributed by atoms with Gasteiger partial charge in [-0.25, -0.2) is 10.9 Å². The first-order valence-corrected chi connectivity index (χ1v) is 12.8. The topological polar surface area (TPSA) is 120 Å². The van der Waals surface area contributed by atoms with E-state index in [1.165, 1.54) is 0 Å². The maximum absolute atomic E-state index is 12.0. The number of carbonyl (C=O) groups is 2. The van der Waals surface area contributed by atoms with Gasteiger partial charge in [-0.15, -0.1) is 0 Å². The Hall–Kier alpha value is -4.08. The summed E-state index contributed by atoms with van der Waals surface area (Å²) >= 11 is 0. The van der Waals surface area contributed by atoms with Gasteiger partial charge in [0.05, 0.1) is 39.9 Å². The molecule has 0 spiro atoms. The molecule has 0 bridgehead atoms. The Morgan fingerprint density at radius 1 is 0.684 bits per heavy atom. The molecule has 0 saturated carbocycles. The van der Waals surface area contributed by atoms with Crippen molar-refractivity contribution in [3.63, 3.8) is 0 Å². The smallest absolute Gasteiger partial charge is 0.240 e. The lowest BCUT2D eigenvalue weighted by Crippen LogP contribution is -2.17. The molecule has 0 saturated heterocycles. The molecule has 38 heavy (non-hydrogen) atoms. The van der Waals surface area contributed by atoms with Crippen LogP contribution in [0.1, 0.15) is 63.5 Å². The van der Waals surface area contributed by atoms with Crippen molar-refractivity contribution in [2.24, 2.45) is 10.2 Å². The quantitative estimate of drug-likeness (QED) is 0.179. The molecule has 0 aliphatic carbocycles. The minimum atomic E-state index is -0.155. The normalized spacial score (nSPS) is 10.9. The Morgan fingerprint density at radius 2 is 1.11 bits per heavy atom. The second kappa shape index (κ2) is 17.4. The van der Waals surface area contributed by atoms with Crippen LogP contribution >= 0.6 is 0 Å². The van der Waals surface area contributed by atoms with Crippen LogP contribution in [0.3, 0.4) is 0 Å². The average Bonchev–Trinajstić information content (AvgIpc) is 2.92. The third-order valence-electron chi connectivity index (χ3n) is 5.34. The number of ether oxygens (including phenoxy) is 4. The number of hydrazone groups is 2. The monoisotopic (exact) mass is 526 g/mol. The summed E-state index contributed by atoms with van der Waals surface area (Å²) in [5.74, 6) is 2.22. The number of nitrogens with one attached hydrogen (secondary N) is 2. The van der Waals surface area contributed by atoms with Gasteiger partial charge in [-0.05, 0) is 74.2 Å². The van der Waals surface area contributed by atoms with Gasteiger partial charge < -0.3 is 18.9 Å². The number of rotatable bonds is 17. The number of hydrogen-bond donors (Lipinski definition) is 2. The van der Waals surface area contributed by atoms with Crippen LogP contribution in [0.15, 0.2) is 46.6 Å². The fourth-order valence-corrected chi connectivity index (χ4v) is 3.47. The zero-order valence-corrected chi connectivity index (χ0v) is 22.6. The van der Waals surface area contributed by atoms with Crippen LogP contribution in [0.5, 0.6) is 23.0 Å². The van der Waals surface area contributed by atoms with Crippen LogP contribution in [0.2, 0.25) is 0 Å². The Kier molecular flexibility index (Phi) is 13.8. The Labute approximate surface area is 224 Å². The molecule has 2 amide bonds. The maximum atomic E-state index is 12.0. The fraction of sp³-hybridized carbons (Fsp3) is 0.429. The molecule has 0 aliphatic rings. The summed E-state index contributed by atoms with van der Waals surface area (Å²) in [6, 6.07) is 10.9. The lowest BCUT2D eigenvalue weighted by molar-refractivity contribution is -0.122. The molecule has 0 aliphatic heterocycles. The number of benzene rings is 2. The summed E-state index contributed by atoms with van der Waals surface area (Å²) in [4.78, 5) is 24.0. The van der Waals surface area contributed by atoms with Crippen molar-refractivity contribution < 1.29 is 28.5 Å². The van der Waals surface area contributed by atoms with Crippen molar-refractivity contribution in [3.05, 3.63) is 47.5 Å². The first-order chi connectivity index (χ1) is 18.5. The van der Waals surface area contributed by atoms with E-state index in [2.05, 4.69) is 21.1 Å². The van der Waals surface area contributed by atoms with Crippen molar-refractivity contribution in [3.8, 4) is 23.0 Å². The second-order valence-electron chi connectivity index (χ2n) is 8.19. The molecule has 2 N–H and O–H groups in total. The van der Waals surface area contributed by atoms with Crippen molar-refractivity contribution in [2.45, 2.75) is 52.4 Å². The van der Waals surface area contributed by atoms with Gasteiger partial charge in [0.1, 0.15) is 0 Å². The highest BCUT2D eigenvalue weighted by molar-refractivity contribution is 5.84. The zero-order chi connectivity index (χ0) is 27.6. The summed E-state index contributed by atoms with van der Waals surface area (Å²) in [5.41, 5.74) is 6.64. The minimum absolute atomic E-state index is 0.155. The number of carbonyl (C=O) groups excluding carboxylic acids is 2. The zero-order valence-electron chi connectivity index (χ0n) is 22.6. The standard InChI is InChI=1S/C28H38N4O6/c1-5-37-23-15-13-21(17-25(23)35-3)19-29-31-27(33)11-9-7-8-10-12-28(34)32-30-20-22-14-16-24(38-6-2)26(18-22)36-4/h13-20H,5-12H2,1-4H3,(H,31,33)(H,32,34)/b29-19+,30-20+. The maximum Gasteiger partial charge on any atom is 0.240 e. The van der Waals surface area contributed by atoms with Gasteiger partial charge in [0, 0.05) is 12.8 Å². The van der Waals surface area contributed by atoms with Gasteiger partial charge in [0.15, 0.2) is 23.0 Å². The van der Waals surface area contributed by atoms with Gasteiger partial charge in [0.2, 0.25) is 11.8 Å². The van der Waals surface area contributed by atoms with Crippen LogP contribution in [0.25, 0.3) is 0 Å². The third kappa shape index (κ3) is 10.9. The van der Waals surface area contributed by atoms with Crippen LogP contribution in [0, 0.1) is 0 Å². The number of methoxy groups -OCH3 is 2. The van der Waals surface area contributed by atoms with Gasteiger partial charge >= 0.3 is 0 Å². The molecular formula is C28H38N4O6. The molecule has 0 heterocycles. The highest BCUT2D eigenvalue weighted by Gasteiger charge is 2.06. The van der Waals surface area contributed by atoms with E-state index >= 15 is 0 Å². The molecule has 10 heteroatoms. The molecular weight excluding hydrogens is 488 g/mol. The second-order valence-corrected chi connectivity index (χ2v) is 8.19. The highest BCUT2D eigenvalue weighted by Crippen LogP contribution is 2.28. The molecule has 0 aromatic heterocycles. The van der Waals surface area contributed by atoms with E-state index in [0.717, 1.165) is 36.8 Å². The van der Waals surface area contributed by atoms with E-state index < -0.39 is 0 Å². The van der Waals surface area contributed by atoms with Crippen LogP contribution in [-0.2, 0) is 9.59 Å². The Morgan fingerprint density at radius 3 is 1.47 bits per heavy atom. The predicted octanol–water partition coefficient (Wildman–Crippen LogP) is 4.44. The summed E-state index contributed by atoms with van der Waals surface area (Å²) in [6.07, 6.45) is 6.98. The van der Waals surface area contributed by atoms with Gasteiger partial charge in [-0.2, -0.15) is 10.2 Å². The van der Waals surface area contributed by atoms with Crippen molar-refractivity contribution in [1.29, 1.82) is 0 Å². The first kappa shape index (κ1) is 30.1. The number of nitrogens with zero attached hydrogens (tertiary/aromatic N) is 2. The van der Waals surface area contributed by atoms with E-state index in [0.29, 0.717) is 49.1 Å². The first-order valence-electron chi connectivity index (χ1n) is 12.8. The largest absolute Gasteiger partial charge is 0.493 e. The molecule has 2 aromatic carbocycles. The highest BCUT2D eigenvalue weighted by atomic mass is 16.5. The number of unbranched alkanes of at least 4 members (excludes halogenated alkanes) is 3. The summed E-state index contributed by atoms with van der Waals surface area (Å²) in [6.45, 7) is 4.90.